The summed E-state index contributed by atoms with van der Waals surface area (Å²) in [6.45, 7) is 0. The third kappa shape index (κ3) is 2.71. The van der Waals surface area contributed by atoms with Crippen molar-refractivity contribution < 1.29 is 8.78 Å². The molecule has 3 nitrogen and oxygen atoms in total. The molecular formula is C10H7Br2F2N3. The van der Waals surface area contributed by atoms with Crippen molar-refractivity contribution in [2.45, 2.75) is 6.42 Å². The van der Waals surface area contributed by atoms with E-state index in [0.717, 1.165) is 17.1 Å². The summed E-state index contributed by atoms with van der Waals surface area (Å²) in [5.41, 5.74) is 0.897. The summed E-state index contributed by atoms with van der Waals surface area (Å²) < 4.78 is 28.1. The molecule has 0 fully saturated rings. The molecule has 0 radical (unpaired) electrons. The second kappa shape index (κ2) is 5.22. The van der Waals surface area contributed by atoms with Crippen LogP contribution in [0.5, 0.6) is 0 Å². The highest BCUT2D eigenvalue weighted by atomic mass is 79.9. The van der Waals surface area contributed by atoms with Gasteiger partial charge in [-0.15, -0.1) is 5.10 Å². The molecular weight excluding hydrogens is 360 g/mol. The average Bonchev–Trinajstić information content (AvgIpc) is 2.72. The molecule has 2 aromatic rings. The van der Waals surface area contributed by atoms with E-state index in [2.05, 4.69) is 42.2 Å². The van der Waals surface area contributed by atoms with Gasteiger partial charge in [-0.2, -0.15) is 0 Å². The Kier molecular flexibility index (Phi) is 3.88. The van der Waals surface area contributed by atoms with Crippen molar-refractivity contribution >= 4 is 31.9 Å². The molecule has 1 aromatic carbocycles. The molecule has 7 heteroatoms. The Labute approximate surface area is 113 Å². The lowest BCUT2D eigenvalue weighted by Crippen LogP contribution is -2.00. The van der Waals surface area contributed by atoms with E-state index < -0.39 is 11.6 Å². The Bertz CT molecular complexity index is 542. The third-order valence-corrected chi connectivity index (χ3v) is 3.13. The zero-order valence-corrected chi connectivity index (χ0v) is 11.7. The summed E-state index contributed by atoms with van der Waals surface area (Å²) in [4.78, 5) is 0. The zero-order valence-electron chi connectivity index (χ0n) is 8.50. The molecule has 0 saturated heterocycles. The maximum absolute atomic E-state index is 13.6. The minimum absolute atomic E-state index is 0.159. The number of benzene rings is 1. The number of nitrogens with zero attached hydrogens (tertiary/aromatic N) is 3. The summed E-state index contributed by atoms with van der Waals surface area (Å²) in [5, 5.41) is 8.43. The first-order chi connectivity index (χ1) is 8.11. The van der Waals surface area contributed by atoms with Crippen LogP contribution in [0.25, 0.3) is 5.69 Å². The van der Waals surface area contributed by atoms with E-state index in [1.807, 2.05) is 0 Å². The van der Waals surface area contributed by atoms with Gasteiger partial charge in [0.25, 0.3) is 0 Å². The van der Waals surface area contributed by atoms with Crippen LogP contribution in [0.4, 0.5) is 8.78 Å². The number of rotatable bonds is 3. The normalized spacial score (nSPS) is 10.8. The largest absolute Gasteiger partial charge is 0.217 e. The molecule has 17 heavy (non-hydrogen) atoms. The Morgan fingerprint density at radius 1 is 1.24 bits per heavy atom. The number of aryl methyl sites for hydroxylation is 1. The van der Waals surface area contributed by atoms with Gasteiger partial charge < -0.3 is 0 Å². The molecule has 0 amide bonds. The first-order valence-electron chi connectivity index (χ1n) is 4.74. The average molecular weight is 367 g/mol. The summed E-state index contributed by atoms with van der Waals surface area (Å²) >= 11 is 6.28. The molecule has 0 unspecified atom stereocenters. The Hall–Kier alpha value is -0.820. The van der Waals surface area contributed by atoms with Crippen molar-refractivity contribution in [3.05, 3.63) is 40.1 Å². The highest BCUT2D eigenvalue weighted by Gasteiger charge is 2.11. The molecule has 0 bridgehead atoms. The van der Waals surface area contributed by atoms with Crippen LogP contribution < -0.4 is 0 Å². The molecule has 0 aliphatic rings. The molecule has 0 N–H and O–H groups in total. The molecule has 0 aliphatic carbocycles. The number of aromatic nitrogens is 3. The fraction of sp³-hybridized carbons (Fsp3) is 0.200. The molecule has 1 aromatic heterocycles. The zero-order chi connectivity index (χ0) is 12.4. The van der Waals surface area contributed by atoms with Crippen LogP contribution in [0.3, 0.4) is 0 Å². The third-order valence-electron chi connectivity index (χ3n) is 2.13. The SMILES string of the molecule is Fc1cc(F)c(-n2cc(CCBr)nn2)cc1Br. The van der Waals surface area contributed by atoms with Crippen molar-refractivity contribution in [2.75, 3.05) is 5.33 Å². The van der Waals surface area contributed by atoms with Gasteiger partial charge in [-0.05, 0) is 22.0 Å². The molecule has 0 saturated carbocycles. The molecule has 1 heterocycles. The second-order valence-corrected chi connectivity index (χ2v) is 4.96. The smallest absolute Gasteiger partial charge is 0.151 e. The first-order valence-corrected chi connectivity index (χ1v) is 6.65. The van der Waals surface area contributed by atoms with E-state index in [1.54, 1.807) is 6.20 Å². The first kappa shape index (κ1) is 12.6. The summed E-state index contributed by atoms with van der Waals surface area (Å²) in [5.74, 6) is -1.33. The van der Waals surface area contributed by atoms with E-state index in [-0.39, 0.29) is 10.2 Å². The number of halogens is 4. The highest BCUT2D eigenvalue weighted by molar-refractivity contribution is 9.10. The Balaban J connectivity index is 2.41. The van der Waals surface area contributed by atoms with Gasteiger partial charge in [0.1, 0.15) is 11.5 Å². The minimum atomic E-state index is -0.680. The van der Waals surface area contributed by atoms with E-state index in [9.17, 15) is 8.78 Å². The van der Waals surface area contributed by atoms with Crippen molar-refractivity contribution in [3.63, 3.8) is 0 Å². The standard InChI is InChI=1S/C10H7Br2F2N3/c11-2-1-6-5-17(16-15-6)10-3-7(12)8(13)4-9(10)14/h3-5H,1-2H2. The van der Waals surface area contributed by atoms with Gasteiger partial charge in [0, 0.05) is 17.8 Å². The summed E-state index contributed by atoms with van der Waals surface area (Å²) in [7, 11) is 0. The van der Waals surface area contributed by atoms with Crippen molar-refractivity contribution in [1.82, 2.24) is 15.0 Å². The van der Waals surface area contributed by atoms with Crippen LogP contribution in [0, 0.1) is 11.6 Å². The lowest BCUT2D eigenvalue weighted by Gasteiger charge is -2.03. The van der Waals surface area contributed by atoms with Gasteiger partial charge in [0.05, 0.1) is 16.4 Å². The monoisotopic (exact) mass is 365 g/mol. The number of hydrogen-bond acceptors (Lipinski definition) is 2. The van der Waals surface area contributed by atoms with Crippen LogP contribution in [0.1, 0.15) is 5.69 Å². The summed E-state index contributed by atoms with van der Waals surface area (Å²) in [6.07, 6.45) is 2.31. The van der Waals surface area contributed by atoms with E-state index in [0.29, 0.717) is 6.42 Å². The van der Waals surface area contributed by atoms with E-state index >= 15 is 0 Å². The van der Waals surface area contributed by atoms with Gasteiger partial charge in [0.15, 0.2) is 5.82 Å². The topological polar surface area (TPSA) is 30.7 Å². The second-order valence-electron chi connectivity index (χ2n) is 3.31. The highest BCUT2D eigenvalue weighted by Crippen LogP contribution is 2.22. The fourth-order valence-electron chi connectivity index (χ4n) is 1.32. The predicted octanol–water partition coefficient (Wildman–Crippen LogP) is 3.25. The molecule has 0 aliphatic heterocycles. The lowest BCUT2D eigenvalue weighted by atomic mass is 10.3. The van der Waals surface area contributed by atoms with Crippen molar-refractivity contribution in [2.24, 2.45) is 0 Å². The van der Waals surface area contributed by atoms with Gasteiger partial charge in [-0.25, -0.2) is 13.5 Å². The fourth-order valence-corrected chi connectivity index (χ4v) is 2.05. The van der Waals surface area contributed by atoms with Crippen molar-refractivity contribution in [1.29, 1.82) is 0 Å². The Morgan fingerprint density at radius 3 is 2.71 bits per heavy atom. The van der Waals surface area contributed by atoms with Crippen molar-refractivity contribution in [3.8, 4) is 5.69 Å². The summed E-state index contributed by atoms with van der Waals surface area (Å²) in [6, 6.07) is 2.14. The number of alkyl halides is 1. The lowest BCUT2D eigenvalue weighted by molar-refractivity contribution is 0.568. The Morgan fingerprint density at radius 2 is 2.00 bits per heavy atom. The van der Waals surface area contributed by atoms with Crippen LogP contribution >= 0.6 is 31.9 Å². The quantitative estimate of drug-likeness (QED) is 0.616. The van der Waals surface area contributed by atoms with Crippen LogP contribution in [0.15, 0.2) is 22.8 Å². The van der Waals surface area contributed by atoms with Crippen LogP contribution in [-0.2, 0) is 6.42 Å². The van der Waals surface area contributed by atoms with Gasteiger partial charge in [-0.3, -0.25) is 0 Å². The van der Waals surface area contributed by atoms with E-state index in [4.69, 9.17) is 0 Å². The van der Waals surface area contributed by atoms with Crippen LogP contribution in [0.2, 0.25) is 0 Å². The molecule has 2 rings (SSSR count). The molecule has 90 valence electrons. The van der Waals surface area contributed by atoms with E-state index in [1.165, 1.54) is 10.7 Å². The van der Waals surface area contributed by atoms with Crippen LogP contribution in [-0.4, -0.2) is 20.3 Å². The van der Waals surface area contributed by atoms with Gasteiger partial charge >= 0.3 is 0 Å². The maximum atomic E-state index is 13.6. The maximum Gasteiger partial charge on any atom is 0.151 e. The molecule has 0 atom stereocenters. The molecule has 0 spiro atoms. The van der Waals surface area contributed by atoms with Gasteiger partial charge in [-0.1, -0.05) is 21.1 Å². The predicted molar refractivity (Wildman–Crippen MR) is 66.5 cm³/mol. The number of hydrogen-bond donors (Lipinski definition) is 0. The minimum Gasteiger partial charge on any atom is -0.217 e. The van der Waals surface area contributed by atoms with Gasteiger partial charge in [0.2, 0.25) is 0 Å².